The molecule has 404 valence electrons. The molecule has 0 heterocycles. The van der Waals surface area contributed by atoms with Crippen LogP contribution in [0.15, 0.2) is 12.2 Å². The molecule has 2 atom stereocenters. The normalized spacial score (nSPS) is 12.6. The summed E-state index contributed by atoms with van der Waals surface area (Å²) in [5.41, 5.74) is 0. The molecule has 0 rings (SSSR count). The van der Waals surface area contributed by atoms with Gasteiger partial charge in [-0.2, -0.15) is 0 Å². The number of aliphatic hydroxyl groups is 2. The van der Waals surface area contributed by atoms with Crippen molar-refractivity contribution < 1.29 is 24.5 Å². The highest BCUT2D eigenvalue weighted by atomic mass is 16.5. The Morgan fingerprint density at radius 2 is 0.691 bits per heavy atom. The third-order valence-corrected chi connectivity index (χ3v) is 14.6. The minimum absolute atomic E-state index is 0.00246. The highest BCUT2D eigenvalue weighted by molar-refractivity contribution is 5.76. The Labute approximate surface area is 425 Å². The van der Waals surface area contributed by atoms with Crippen LogP contribution in [0.1, 0.15) is 348 Å². The molecule has 0 spiro atoms. The zero-order valence-corrected chi connectivity index (χ0v) is 46.1. The fourth-order valence-electron chi connectivity index (χ4n) is 9.81. The van der Waals surface area contributed by atoms with Gasteiger partial charge in [0.2, 0.25) is 5.91 Å². The van der Waals surface area contributed by atoms with Gasteiger partial charge in [-0.15, -0.1) is 0 Å². The van der Waals surface area contributed by atoms with Gasteiger partial charge < -0.3 is 20.3 Å². The second kappa shape index (κ2) is 58.2. The highest BCUT2D eigenvalue weighted by Gasteiger charge is 2.20. The number of unbranched alkanes of at least 4 members (excludes halogenated alkanes) is 45. The van der Waals surface area contributed by atoms with E-state index in [4.69, 9.17) is 4.74 Å². The van der Waals surface area contributed by atoms with Gasteiger partial charge >= 0.3 is 5.97 Å². The second-order valence-corrected chi connectivity index (χ2v) is 21.4. The second-order valence-electron chi connectivity index (χ2n) is 21.4. The van der Waals surface area contributed by atoms with E-state index in [-0.39, 0.29) is 18.5 Å². The molecule has 0 aromatic heterocycles. The van der Waals surface area contributed by atoms with Gasteiger partial charge in [0.1, 0.15) is 0 Å². The molecule has 3 N–H and O–H groups in total. The van der Waals surface area contributed by atoms with Crippen molar-refractivity contribution in [2.24, 2.45) is 0 Å². The largest absolute Gasteiger partial charge is 0.466 e. The van der Waals surface area contributed by atoms with Crippen LogP contribution < -0.4 is 5.32 Å². The molecule has 0 fully saturated rings. The molecule has 0 aromatic carbocycles. The summed E-state index contributed by atoms with van der Waals surface area (Å²) >= 11 is 0. The number of ether oxygens (including phenoxy) is 1. The summed E-state index contributed by atoms with van der Waals surface area (Å²) < 4.78 is 5.49. The molecule has 1 amide bonds. The number of allylic oxidation sites excluding steroid dienone is 2. The average molecular weight is 961 g/mol. The maximum atomic E-state index is 12.5. The van der Waals surface area contributed by atoms with Crippen LogP contribution in [0.4, 0.5) is 0 Å². The maximum absolute atomic E-state index is 12.5. The lowest BCUT2D eigenvalue weighted by atomic mass is 10.0. The smallest absolute Gasteiger partial charge is 0.305 e. The number of hydrogen-bond donors (Lipinski definition) is 3. The van der Waals surface area contributed by atoms with E-state index in [0.717, 1.165) is 64.2 Å². The Morgan fingerprint density at radius 1 is 0.397 bits per heavy atom. The van der Waals surface area contributed by atoms with E-state index in [1.165, 1.54) is 250 Å². The molecular formula is C62H121NO5. The lowest BCUT2D eigenvalue weighted by Crippen LogP contribution is -2.45. The third kappa shape index (κ3) is 53.9. The molecule has 68 heavy (non-hydrogen) atoms. The molecule has 0 aliphatic carbocycles. The number of nitrogens with one attached hydrogen (secondary N) is 1. The van der Waals surface area contributed by atoms with Crippen LogP contribution in [0.5, 0.6) is 0 Å². The Balaban J connectivity index is 3.43. The van der Waals surface area contributed by atoms with Crippen LogP contribution >= 0.6 is 0 Å². The van der Waals surface area contributed by atoms with Crippen molar-refractivity contribution >= 4 is 11.9 Å². The molecule has 6 nitrogen and oxygen atoms in total. The Bertz CT molecular complexity index is 1020. The van der Waals surface area contributed by atoms with Crippen LogP contribution in [-0.4, -0.2) is 47.4 Å². The predicted molar refractivity (Wildman–Crippen MR) is 297 cm³/mol. The van der Waals surface area contributed by atoms with Gasteiger partial charge in [-0.1, -0.05) is 296 Å². The first kappa shape index (κ1) is 66.6. The van der Waals surface area contributed by atoms with Crippen molar-refractivity contribution in [1.82, 2.24) is 5.32 Å². The first-order chi connectivity index (χ1) is 33.5. The van der Waals surface area contributed by atoms with Crippen molar-refractivity contribution in [1.29, 1.82) is 0 Å². The van der Waals surface area contributed by atoms with Crippen molar-refractivity contribution in [3.63, 3.8) is 0 Å². The summed E-state index contributed by atoms with van der Waals surface area (Å²) in [6.45, 7) is 4.96. The Kier molecular flexibility index (Phi) is 57.0. The van der Waals surface area contributed by atoms with Crippen molar-refractivity contribution in [3.05, 3.63) is 12.2 Å². The highest BCUT2D eigenvalue weighted by Crippen LogP contribution is 2.18. The Morgan fingerprint density at radius 3 is 1.04 bits per heavy atom. The molecule has 0 saturated carbocycles. The summed E-state index contributed by atoms with van der Waals surface area (Å²) in [4.78, 5) is 24.6. The van der Waals surface area contributed by atoms with Crippen molar-refractivity contribution in [2.75, 3.05) is 13.2 Å². The fourth-order valence-corrected chi connectivity index (χ4v) is 9.81. The molecule has 0 bridgehead atoms. The summed E-state index contributed by atoms with van der Waals surface area (Å²) in [6, 6.07) is -0.553. The van der Waals surface area contributed by atoms with E-state index >= 15 is 0 Å². The van der Waals surface area contributed by atoms with Crippen molar-refractivity contribution in [3.8, 4) is 0 Å². The zero-order valence-electron chi connectivity index (χ0n) is 46.1. The summed E-state index contributed by atoms with van der Waals surface area (Å²) in [5.74, 6) is -0.0465. The Hall–Kier alpha value is -1.40. The van der Waals surface area contributed by atoms with Gasteiger partial charge in [-0.25, -0.2) is 0 Å². The molecule has 0 aliphatic rings. The van der Waals surface area contributed by atoms with E-state index in [1.807, 2.05) is 0 Å². The van der Waals surface area contributed by atoms with Crippen LogP contribution in [0.2, 0.25) is 0 Å². The molecule has 0 aromatic rings. The summed E-state index contributed by atoms with van der Waals surface area (Å²) in [6.07, 6.45) is 69.3. The van der Waals surface area contributed by atoms with Crippen LogP contribution in [0, 0.1) is 0 Å². The minimum atomic E-state index is -0.674. The van der Waals surface area contributed by atoms with E-state index in [0.29, 0.717) is 25.9 Å². The minimum Gasteiger partial charge on any atom is -0.466 e. The fraction of sp³-hybridized carbons (Fsp3) is 0.935. The topological polar surface area (TPSA) is 95.9 Å². The molecule has 0 radical (unpaired) electrons. The number of hydrogen-bond acceptors (Lipinski definition) is 5. The van der Waals surface area contributed by atoms with Crippen LogP contribution in [0.3, 0.4) is 0 Å². The number of esters is 1. The first-order valence-electron chi connectivity index (χ1n) is 30.9. The number of rotatable bonds is 58. The van der Waals surface area contributed by atoms with Gasteiger partial charge in [0, 0.05) is 12.8 Å². The summed E-state index contributed by atoms with van der Waals surface area (Å²) in [5, 5.41) is 23.3. The number of carbonyl (C=O) groups excluding carboxylic acids is 2. The summed E-state index contributed by atoms with van der Waals surface area (Å²) in [7, 11) is 0. The lowest BCUT2D eigenvalue weighted by Gasteiger charge is -2.22. The maximum Gasteiger partial charge on any atom is 0.305 e. The van der Waals surface area contributed by atoms with Crippen LogP contribution in [-0.2, 0) is 14.3 Å². The van der Waals surface area contributed by atoms with E-state index < -0.39 is 12.1 Å². The van der Waals surface area contributed by atoms with Gasteiger partial charge in [-0.05, 0) is 51.4 Å². The SMILES string of the molecule is CCCCCCCCCCCCCCCCCCCCC(=O)OCCCCCCCCC/C=C\CCCCCCCC(=O)NC(CO)C(O)CCCCCCCCCCCCCCCCCCC. The van der Waals surface area contributed by atoms with Gasteiger partial charge in [0.15, 0.2) is 0 Å². The monoisotopic (exact) mass is 960 g/mol. The molecule has 0 aliphatic heterocycles. The van der Waals surface area contributed by atoms with Crippen molar-refractivity contribution in [2.45, 2.75) is 360 Å². The van der Waals surface area contributed by atoms with Gasteiger partial charge in [-0.3, -0.25) is 9.59 Å². The van der Waals surface area contributed by atoms with Crippen LogP contribution in [0.25, 0.3) is 0 Å². The number of aliphatic hydroxyl groups excluding tert-OH is 2. The van der Waals surface area contributed by atoms with E-state index in [2.05, 4.69) is 31.3 Å². The molecule has 2 unspecified atom stereocenters. The quantitative estimate of drug-likeness (QED) is 0.0321. The van der Waals surface area contributed by atoms with E-state index in [9.17, 15) is 19.8 Å². The zero-order chi connectivity index (χ0) is 49.3. The van der Waals surface area contributed by atoms with E-state index in [1.54, 1.807) is 0 Å². The molecule has 6 heteroatoms. The first-order valence-corrected chi connectivity index (χ1v) is 30.9. The standard InChI is InChI=1S/C62H121NO5/c1-3-5-7-9-11-13-15-17-19-21-23-28-32-36-40-44-48-52-56-62(67)68-57-53-49-45-41-37-33-29-25-24-27-31-35-39-43-47-51-55-61(66)63-59(58-64)60(65)54-50-46-42-38-34-30-26-22-20-18-16-14-12-10-8-6-4-2/h24,27,59-60,64-65H,3-23,25-26,28-58H2,1-2H3,(H,63,66)/b27-24-. The number of carbonyl (C=O) groups is 2. The van der Waals surface area contributed by atoms with Gasteiger partial charge in [0.25, 0.3) is 0 Å². The average Bonchev–Trinajstić information content (AvgIpc) is 3.34. The molecule has 0 saturated heterocycles. The number of amides is 1. The lowest BCUT2D eigenvalue weighted by molar-refractivity contribution is -0.143. The molecular weight excluding hydrogens is 839 g/mol. The third-order valence-electron chi connectivity index (χ3n) is 14.6. The van der Waals surface area contributed by atoms with Gasteiger partial charge in [0.05, 0.1) is 25.4 Å². The predicted octanol–water partition coefficient (Wildman–Crippen LogP) is 19.2.